The Morgan fingerprint density at radius 1 is 0.416 bits per heavy atom. The van der Waals surface area contributed by atoms with Crippen molar-refractivity contribution in [3.05, 3.63) is 205 Å². The highest BCUT2D eigenvalue weighted by atomic mass is 32.2. The lowest BCUT2D eigenvalue weighted by Gasteiger charge is -2.36. The molecule has 0 spiro atoms. The van der Waals surface area contributed by atoms with Gasteiger partial charge in [0.2, 0.25) is 17.7 Å². The minimum Gasteiger partial charge on any atom is -0.491 e. The number of hydrogen-bond donors (Lipinski definition) is 6. The first-order chi connectivity index (χ1) is 71.1. The van der Waals surface area contributed by atoms with Crippen molar-refractivity contribution in [2.24, 2.45) is 5.92 Å². The number of sulfone groups is 3. The fraction of sp³-hybridized carbons (Fsp3) is 0.526. The summed E-state index contributed by atoms with van der Waals surface area (Å²) in [6.45, 7) is 50.1. The second kappa shape index (κ2) is 49.0. The number of piperidine rings is 5. The van der Waals surface area contributed by atoms with Crippen molar-refractivity contribution in [1.29, 1.82) is 0 Å². The van der Waals surface area contributed by atoms with Crippen LogP contribution in [0, 0.1) is 47.5 Å². The molecule has 6 aromatic heterocycles. The van der Waals surface area contributed by atoms with Crippen molar-refractivity contribution in [3.63, 3.8) is 0 Å². The fourth-order valence-electron chi connectivity index (χ4n) is 21.3. The lowest BCUT2D eigenvalue weighted by Crippen LogP contribution is -2.45. The molecule has 12 aromatic rings. The third-order valence-electron chi connectivity index (χ3n) is 29.5. The van der Waals surface area contributed by atoms with Crippen LogP contribution in [-0.4, -0.2) is 254 Å². The van der Waals surface area contributed by atoms with E-state index < -0.39 is 45.3 Å². The number of benzene rings is 6. The van der Waals surface area contributed by atoms with Gasteiger partial charge in [0.05, 0.1) is 95.1 Å². The Morgan fingerprint density at radius 3 is 1.19 bits per heavy atom. The highest BCUT2D eigenvalue weighted by Crippen LogP contribution is 2.43. The average molecular weight is 2090 g/mol. The molecule has 0 radical (unpaired) electrons. The Hall–Kier alpha value is -11.9. The molecule has 32 nitrogen and oxygen atoms in total. The van der Waals surface area contributed by atoms with E-state index >= 15 is 0 Å². The smallest absolute Gasteiger partial charge is 0.236 e. The number of nitrogens with zero attached hydrogens (tertiary/aromatic N) is 14. The molecule has 5 saturated heterocycles. The Morgan fingerprint density at radius 2 is 0.785 bits per heavy atom. The minimum absolute atomic E-state index is 0.0271. The number of para-hydroxylation sites is 2. The summed E-state index contributed by atoms with van der Waals surface area (Å²) in [5, 5.41) is 33.0. The Labute approximate surface area is 880 Å². The Balaban J connectivity index is 0.000000167. The SMILES string of the molecule is CCCN(CC)CC(=O)N1CCC(c2cc(OC(C)C)c(Cc3nc(Cc4ccccc4S(=O)(=O)C(C)C)c4c(C)[nH]nc4n3)cc2C)CC1.Cc1cc(Cc2nc(Nc3ccccc3S(=O)(=O)C(C)C)c3c(C)[nH]nc3n2)c(OC(C)C)cc1C1CCN(C(=O)C2CCNCC2)CC1.Cc1cc(Cc2nc(Nc3ccccc3S(=O)(=O)C(C)C)c3c(C)[nH]nc3n2)c(OC(C)C)cc1C1CCN(C(=O)CN2CCCCC2)CC1. The van der Waals surface area contributed by atoms with Crippen LogP contribution >= 0.6 is 0 Å². The predicted molar refractivity (Wildman–Crippen MR) is 588 cm³/mol. The van der Waals surface area contributed by atoms with Gasteiger partial charge in [-0.3, -0.25) is 39.5 Å². The van der Waals surface area contributed by atoms with Crippen LogP contribution in [0.3, 0.4) is 0 Å². The molecule has 0 aliphatic carbocycles. The topological polar surface area (TPSA) is 397 Å². The van der Waals surface area contributed by atoms with Gasteiger partial charge in [-0.25, -0.2) is 55.2 Å². The van der Waals surface area contributed by atoms with Gasteiger partial charge in [0.1, 0.15) is 46.4 Å². The molecule has 800 valence electrons. The number of amides is 3. The third-order valence-corrected chi connectivity index (χ3v) is 36.2. The number of rotatable bonds is 35. The molecule has 17 rings (SSSR count). The number of aromatic amines is 3. The molecule has 0 saturated carbocycles. The summed E-state index contributed by atoms with van der Waals surface area (Å²) < 4.78 is 98.7. The number of H-pyrrole nitrogens is 3. The monoisotopic (exact) mass is 2090 g/mol. The number of aromatic nitrogens is 12. The summed E-state index contributed by atoms with van der Waals surface area (Å²) in [6, 6.07) is 34.1. The van der Waals surface area contributed by atoms with Crippen LogP contribution < -0.4 is 30.2 Å². The molecule has 0 atom stereocenters. The lowest BCUT2D eigenvalue weighted by molar-refractivity contribution is -0.137. The van der Waals surface area contributed by atoms with Crippen LogP contribution in [-0.2, 0) is 69.6 Å². The van der Waals surface area contributed by atoms with E-state index in [2.05, 4.69) is 132 Å². The molecule has 11 heterocycles. The van der Waals surface area contributed by atoms with E-state index in [0.29, 0.717) is 141 Å². The summed E-state index contributed by atoms with van der Waals surface area (Å²) in [5.74, 6) is 7.04. The first-order valence-electron chi connectivity index (χ1n) is 53.7. The number of ether oxygens (including phenoxy) is 3. The maximum Gasteiger partial charge on any atom is 0.236 e. The molecular formula is C114H154N20O12S3. The van der Waals surface area contributed by atoms with Crippen LogP contribution in [0.5, 0.6) is 17.2 Å². The summed E-state index contributed by atoms with van der Waals surface area (Å²) >= 11 is 0. The highest BCUT2D eigenvalue weighted by molar-refractivity contribution is 7.92. The number of likely N-dealkylation sites (N-methyl/N-ethyl adjacent to an activating group) is 1. The first kappa shape index (κ1) is 111. The number of aryl methyl sites for hydroxylation is 6. The van der Waals surface area contributed by atoms with Gasteiger partial charge in [0.25, 0.3) is 0 Å². The molecule has 5 aliphatic rings. The molecular weight excluding hydrogens is 1940 g/mol. The van der Waals surface area contributed by atoms with Crippen molar-refractivity contribution in [2.75, 3.05) is 102 Å². The van der Waals surface area contributed by atoms with Crippen molar-refractivity contribution in [2.45, 2.75) is 308 Å². The van der Waals surface area contributed by atoms with Crippen LogP contribution in [0.2, 0.25) is 0 Å². The number of anilines is 4. The molecule has 5 fully saturated rings. The fourth-order valence-corrected chi connectivity index (χ4v) is 25.0. The third kappa shape index (κ3) is 26.6. The van der Waals surface area contributed by atoms with Gasteiger partial charge < -0.3 is 44.9 Å². The van der Waals surface area contributed by atoms with Crippen molar-refractivity contribution >= 4 is 103 Å². The van der Waals surface area contributed by atoms with Gasteiger partial charge in [0.15, 0.2) is 46.5 Å². The molecule has 3 amide bonds. The maximum absolute atomic E-state index is 13.3. The van der Waals surface area contributed by atoms with Crippen LogP contribution in [0.15, 0.2) is 124 Å². The predicted octanol–water partition coefficient (Wildman–Crippen LogP) is 19.0. The van der Waals surface area contributed by atoms with Crippen LogP contribution in [0.25, 0.3) is 33.1 Å². The average Bonchev–Trinajstić information content (AvgIpc) is 1.39. The van der Waals surface area contributed by atoms with Gasteiger partial charge >= 0.3 is 0 Å². The largest absolute Gasteiger partial charge is 0.491 e. The zero-order valence-corrected chi connectivity index (χ0v) is 93.2. The van der Waals surface area contributed by atoms with E-state index in [9.17, 15) is 39.6 Å². The van der Waals surface area contributed by atoms with Crippen molar-refractivity contribution in [3.8, 4) is 17.2 Å². The van der Waals surface area contributed by atoms with Crippen LogP contribution in [0.4, 0.5) is 23.0 Å². The van der Waals surface area contributed by atoms with Crippen molar-refractivity contribution < 1.29 is 53.8 Å². The van der Waals surface area contributed by atoms with Gasteiger partial charge in [-0.05, 0) is 340 Å². The van der Waals surface area contributed by atoms with Gasteiger partial charge in [-0.1, -0.05) is 80.9 Å². The molecule has 6 aromatic carbocycles. The van der Waals surface area contributed by atoms with Gasteiger partial charge in [-0.2, -0.15) is 15.3 Å². The quantitative estimate of drug-likeness (QED) is 0.0215. The number of carbonyl (C=O) groups excluding carboxylic acids is 3. The molecule has 0 unspecified atom stereocenters. The minimum atomic E-state index is -3.55. The van der Waals surface area contributed by atoms with E-state index in [1.165, 1.54) is 52.6 Å². The number of nitrogens with one attached hydrogen (secondary N) is 6. The zero-order chi connectivity index (χ0) is 107. The van der Waals surface area contributed by atoms with Crippen molar-refractivity contribution in [1.82, 2.24) is 90.3 Å². The molecule has 35 heteroatoms. The van der Waals surface area contributed by atoms with E-state index in [1.807, 2.05) is 84.2 Å². The zero-order valence-electron chi connectivity index (χ0n) is 90.8. The second-order valence-electron chi connectivity index (χ2n) is 42.6. The molecule has 0 bridgehead atoms. The number of fused-ring (bicyclic) bond motifs is 3. The molecule has 149 heavy (non-hydrogen) atoms. The lowest BCUT2D eigenvalue weighted by atomic mass is 9.85. The standard InChI is InChI=1S/C39H54N6O4S.C38H51N7O4S.C37H49N7O4S/c1-9-17-44(10-2)24-37(46)45-18-15-29(16-19-45)32-23-34(49-25(3)4)31(20-27(32)7)22-36-40-33(38-28(8)42-43-39(38)41-36)21-30-13-11-12-14-35(30)50(47,48)26(5)6;1-24(2)49-32-22-30(28-14-18-45(19-15-28)35(46)23-44-16-10-7-11-17-44)26(5)20-29(32)21-34-40-37(36-27(6)42-43-38(36)41-34)39-31-12-8-9-13-33(31)50(47,48)25(3)4;1-22(2)48-31-21-29(26-13-17-44(18-14-26)37(45)27-11-15-38-16-12-27)24(5)19-28(31)20-33-40-35(34-25(6)42-43-36(34)41-33)39-30-9-7-8-10-32(30)49(46,47)23(3)4/h11-14,20,23,25-26,29H,9-10,15-19,21-22,24H2,1-8H3,(H,40,41,42,43);8-9,12-13,20,22,24-25,28H,7,10-11,14-19,21,23H2,1-6H3,(H2,39,40,41,42,43);7-10,19,21-23,26-27,38H,11-18,20H2,1-6H3,(H2,39,40,41,42,43). The van der Waals surface area contributed by atoms with E-state index in [-0.39, 0.29) is 45.8 Å². The van der Waals surface area contributed by atoms with E-state index in [4.69, 9.17) is 44.1 Å². The molecule has 6 N–H and O–H groups in total. The van der Waals surface area contributed by atoms with E-state index in [1.54, 1.807) is 102 Å². The van der Waals surface area contributed by atoms with Gasteiger partial charge in [-0.15, -0.1) is 0 Å². The Kier molecular flexibility index (Phi) is 36.6. The summed E-state index contributed by atoms with van der Waals surface area (Å²) in [7, 11) is -10.6. The van der Waals surface area contributed by atoms with E-state index in [0.717, 1.165) is 198 Å². The summed E-state index contributed by atoms with van der Waals surface area (Å²) in [6.07, 6.45) is 13.6. The normalized spacial score (nSPS) is 15.8. The number of likely N-dealkylation sites (tertiary alicyclic amines) is 4. The van der Waals surface area contributed by atoms with Gasteiger partial charge in [0, 0.05) is 105 Å². The number of hydrogen-bond acceptors (Lipinski definition) is 26. The number of carbonyl (C=O) groups is 3. The molecule has 5 aliphatic heterocycles. The highest BCUT2D eigenvalue weighted by Gasteiger charge is 2.36. The van der Waals surface area contributed by atoms with Crippen LogP contribution in [0.1, 0.15) is 288 Å². The summed E-state index contributed by atoms with van der Waals surface area (Å²) in [4.78, 5) is 80.2. The first-order valence-corrected chi connectivity index (χ1v) is 58.3. The Bertz CT molecular complexity index is 6840. The second-order valence-corrected chi connectivity index (χ2v) is 50.1. The maximum atomic E-state index is 13.3. The summed E-state index contributed by atoms with van der Waals surface area (Å²) in [5.41, 5.74) is 16.6.